The maximum Gasteiger partial charge on any atom is 0.224 e. The molecule has 2 N–H and O–H groups in total. The minimum absolute atomic E-state index is 0.0256. The molecule has 1 aliphatic rings. The van der Waals surface area contributed by atoms with E-state index in [0.717, 1.165) is 5.56 Å². The summed E-state index contributed by atoms with van der Waals surface area (Å²) < 4.78 is 0. The molecule has 0 saturated carbocycles. The molecule has 1 fully saturated rings. The highest BCUT2D eigenvalue weighted by atomic mass is 35.5. The van der Waals surface area contributed by atoms with Crippen LogP contribution in [0.15, 0.2) is 24.3 Å². The predicted octanol–water partition coefficient (Wildman–Crippen LogP) is 1.28. The molecule has 0 aromatic heterocycles. The molecule has 0 spiro atoms. The highest BCUT2D eigenvalue weighted by molar-refractivity contribution is 6.31. The summed E-state index contributed by atoms with van der Waals surface area (Å²) >= 11 is 5.99. The normalized spacial score (nSPS) is 19.2. The first-order chi connectivity index (χ1) is 8.65. The molecular weight excluding hydrogens is 252 g/mol. The molecule has 2 amide bonds. The molecule has 1 aliphatic heterocycles. The van der Waals surface area contributed by atoms with Gasteiger partial charge in [0.25, 0.3) is 0 Å². The van der Waals surface area contributed by atoms with E-state index in [9.17, 15) is 9.59 Å². The average molecular weight is 267 g/mol. The van der Waals surface area contributed by atoms with Gasteiger partial charge in [0.05, 0.1) is 6.42 Å². The Hall–Kier alpha value is -1.55. The van der Waals surface area contributed by atoms with Crippen LogP contribution in [-0.4, -0.2) is 24.4 Å². The number of hydrogen-bond acceptors (Lipinski definition) is 2. The maximum atomic E-state index is 11.8. The van der Waals surface area contributed by atoms with Crippen molar-refractivity contribution in [1.29, 1.82) is 0 Å². The second-order valence-corrected chi connectivity index (χ2v) is 4.78. The predicted molar refractivity (Wildman–Crippen MR) is 69.3 cm³/mol. The van der Waals surface area contributed by atoms with E-state index >= 15 is 0 Å². The molecule has 5 heteroatoms. The van der Waals surface area contributed by atoms with Gasteiger partial charge in [-0.15, -0.1) is 0 Å². The Labute approximate surface area is 111 Å². The van der Waals surface area contributed by atoms with Gasteiger partial charge in [0, 0.05) is 24.0 Å². The minimum atomic E-state index is -0.0655. The van der Waals surface area contributed by atoms with E-state index < -0.39 is 0 Å². The SMILES string of the molecule is O=C1CCC(NC(=O)Cc2ccccc2Cl)CN1. The van der Waals surface area contributed by atoms with Gasteiger partial charge in [-0.1, -0.05) is 29.8 Å². The Morgan fingerprint density at radius 3 is 2.89 bits per heavy atom. The summed E-state index contributed by atoms with van der Waals surface area (Å²) in [6.45, 7) is 0.507. The Morgan fingerprint density at radius 2 is 2.22 bits per heavy atom. The highest BCUT2D eigenvalue weighted by Gasteiger charge is 2.19. The molecule has 0 bridgehead atoms. The molecule has 0 radical (unpaired) electrons. The van der Waals surface area contributed by atoms with Gasteiger partial charge in [0.15, 0.2) is 0 Å². The largest absolute Gasteiger partial charge is 0.354 e. The Kier molecular flexibility index (Phi) is 4.20. The van der Waals surface area contributed by atoms with Crippen LogP contribution in [0.25, 0.3) is 0 Å². The third kappa shape index (κ3) is 3.47. The minimum Gasteiger partial charge on any atom is -0.354 e. The lowest BCUT2D eigenvalue weighted by Crippen LogP contribution is -2.48. The number of carbonyl (C=O) groups excluding carboxylic acids is 2. The summed E-state index contributed by atoms with van der Waals surface area (Å²) in [4.78, 5) is 22.8. The van der Waals surface area contributed by atoms with E-state index in [2.05, 4.69) is 10.6 Å². The number of carbonyl (C=O) groups is 2. The van der Waals surface area contributed by atoms with Crippen LogP contribution in [0, 0.1) is 0 Å². The van der Waals surface area contributed by atoms with Crippen LogP contribution in [-0.2, 0) is 16.0 Å². The smallest absolute Gasteiger partial charge is 0.224 e. The standard InChI is InChI=1S/C13H15ClN2O2/c14-11-4-2-1-3-9(11)7-13(18)16-10-5-6-12(17)15-8-10/h1-4,10H,5-8H2,(H,15,17)(H,16,18). The van der Waals surface area contributed by atoms with E-state index in [0.29, 0.717) is 24.4 Å². The lowest BCUT2D eigenvalue weighted by molar-refractivity contribution is -0.125. The third-order valence-corrected chi connectivity index (χ3v) is 3.31. The summed E-state index contributed by atoms with van der Waals surface area (Å²) in [6, 6.07) is 7.32. The van der Waals surface area contributed by atoms with Gasteiger partial charge in [-0.3, -0.25) is 9.59 Å². The Balaban J connectivity index is 1.86. The number of piperidine rings is 1. The molecule has 4 nitrogen and oxygen atoms in total. The van der Waals surface area contributed by atoms with Crippen molar-refractivity contribution in [2.45, 2.75) is 25.3 Å². The second-order valence-electron chi connectivity index (χ2n) is 4.38. The van der Waals surface area contributed by atoms with E-state index in [-0.39, 0.29) is 24.3 Å². The summed E-state index contributed by atoms with van der Waals surface area (Å²) in [5.74, 6) is -0.0177. The van der Waals surface area contributed by atoms with Crippen molar-refractivity contribution >= 4 is 23.4 Å². The van der Waals surface area contributed by atoms with Gasteiger partial charge in [0.2, 0.25) is 11.8 Å². The van der Waals surface area contributed by atoms with E-state index in [4.69, 9.17) is 11.6 Å². The quantitative estimate of drug-likeness (QED) is 0.866. The molecule has 1 heterocycles. The first-order valence-electron chi connectivity index (χ1n) is 5.94. The van der Waals surface area contributed by atoms with Gasteiger partial charge < -0.3 is 10.6 Å². The van der Waals surface area contributed by atoms with Gasteiger partial charge in [-0.2, -0.15) is 0 Å². The van der Waals surface area contributed by atoms with Gasteiger partial charge in [-0.25, -0.2) is 0 Å². The van der Waals surface area contributed by atoms with E-state index in [1.54, 1.807) is 6.07 Å². The van der Waals surface area contributed by atoms with Crippen molar-refractivity contribution in [2.75, 3.05) is 6.54 Å². The molecule has 1 unspecified atom stereocenters. The Morgan fingerprint density at radius 1 is 1.44 bits per heavy atom. The van der Waals surface area contributed by atoms with Crippen LogP contribution in [0.4, 0.5) is 0 Å². The molecule has 1 atom stereocenters. The topological polar surface area (TPSA) is 58.2 Å². The van der Waals surface area contributed by atoms with Crippen LogP contribution in [0.3, 0.4) is 0 Å². The first kappa shape index (κ1) is 12.9. The summed E-state index contributed by atoms with van der Waals surface area (Å²) in [6.07, 6.45) is 1.43. The zero-order valence-corrected chi connectivity index (χ0v) is 10.7. The van der Waals surface area contributed by atoms with Crippen LogP contribution in [0.1, 0.15) is 18.4 Å². The monoisotopic (exact) mass is 266 g/mol. The lowest BCUT2D eigenvalue weighted by atomic mass is 10.1. The van der Waals surface area contributed by atoms with Crippen molar-refractivity contribution in [3.63, 3.8) is 0 Å². The average Bonchev–Trinajstić information content (AvgIpc) is 2.35. The number of rotatable bonds is 3. The molecule has 1 aromatic carbocycles. The number of hydrogen-bond donors (Lipinski definition) is 2. The fourth-order valence-corrected chi connectivity index (χ4v) is 2.15. The molecule has 0 aliphatic carbocycles. The molecule has 18 heavy (non-hydrogen) atoms. The first-order valence-corrected chi connectivity index (χ1v) is 6.32. The van der Waals surface area contributed by atoms with Gasteiger partial charge in [-0.05, 0) is 18.1 Å². The summed E-state index contributed by atoms with van der Waals surface area (Å²) in [7, 11) is 0. The van der Waals surface area contributed by atoms with Crippen molar-refractivity contribution in [3.8, 4) is 0 Å². The second kappa shape index (κ2) is 5.87. The van der Waals surface area contributed by atoms with Crippen molar-refractivity contribution < 1.29 is 9.59 Å². The molecule has 1 saturated heterocycles. The fraction of sp³-hybridized carbons (Fsp3) is 0.385. The molecular formula is C13H15ClN2O2. The maximum absolute atomic E-state index is 11.8. The summed E-state index contributed by atoms with van der Waals surface area (Å²) in [5, 5.41) is 6.24. The Bertz CT molecular complexity index is 452. The van der Waals surface area contributed by atoms with Gasteiger partial charge in [0.1, 0.15) is 0 Å². The molecule has 96 valence electrons. The van der Waals surface area contributed by atoms with Gasteiger partial charge >= 0.3 is 0 Å². The van der Waals surface area contributed by atoms with Crippen molar-refractivity contribution in [3.05, 3.63) is 34.9 Å². The number of nitrogens with one attached hydrogen (secondary N) is 2. The molecule has 1 aromatic rings. The van der Waals surface area contributed by atoms with Crippen LogP contribution < -0.4 is 10.6 Å². The van der Waals surface area contributed by atoms with Crippen LogP contribution >= 0.6 is 11.6 Å². The number of amides is 2. The number of halogens is 1. The number of benzene rings is 1. The van der Waals surface area contributed by atoms with Crippen LogP contribution in [0.2, 0.25) is 5.02 Å². The fourth-order valence-electron chi connectivity index (χ4n) is 1.95. The molecule has 2 rings (SSSR count). The van der Waals surface area contributed by atoms with E-state index in [1.807, 2.05) is 18.2 Å². The lowest BCUT2D eigenvalue weighted by Gasteiger charge is -2.23. The van der Waals surface area contributed by atoms with Crippen LogP contribution in [0.5, 0.6) is 0 Å². The zero-order chi connectivity index (χ0) is 13.0. The highest BCUT2D eigenvalue weighted by Crippen LogP contribution is 2.15. The van der Waals surface area contributed by atoms with Crippen molar-refractivity contribution in [1.82, 2.24) is 10.6 Å². The third-order valence-electron chi connectivity index (χ3n) is 2.94. The zero-order valence-electron chi connectivity index (χ0n) is 9.91. The van der Waals surface area contributed by atoms with E-state index in [1.165, 1.54) is 0 Å². The summed E-state index contributed by atoms with van der Waals surface area (Å²) in [5.41, 5.74) is 0.816. The van der Waals surface area contributed by atoms with Crippen molar-refractivity contribution in [2.24, 2.45) is 0 Å².